The van der Waals surface area contributed by atoms with Crippen LogP contribution in [0.2, 0.25) is 0 Å². The number of rotatable bonds is 2. The van der Waals surface area contributed by atoms with Crippen LogP contribution in [0.5, 0.6) is 11.5 Å². The lowest BCUT2D eigenvalue weighted by Crippen LogP contribution is -2.38. The Morgan fingerprint density at radius 2 is 1.67 bits per heavy atom. The number of hydrazone groups is 1. The van der Waals surface area contributed by atoms with Gasteiger partial charge in [0, 0.05) is 0 Å². The van der Waals surface area contributed by atoms with E-state index in [1.165, 1.54) is 6.21 Å². The van der Waals surface area contributed by atoms with Crippen molar-refractivity contribution in [2.24, 2.45) is 28.8 Å². The highest BCUT2D eigenvalue weighted by Crippen LogP contribution is 2.49. The van der Waals surface area contributed by atoms with Gasteiger partial charge >= 0.3 is 0 Å². The fourth-order valence-corrected chi connectivity index (χ4v) is 4.29. The first-order valence-corrected chi connectivity index (χ1v) is 8.22. The molecule has 2 amide bonds. The molecule has 3 aliphatic carbocycles. The summed E-state index contributed by atoms with van der Waals surface area (Å²) in [6, 6.07) is 5.40. The number of hydrogen-bond acceptors (Lipinski definition) is 5. The molecule has 5 aliphatic rings. The second kappa shape index (κ2) is 4.93. The van der Waals surface area contributed by atoms with Gasteiger partial charge < -0.3 is 9.47 Å². The first kappa shape index (κ1) is 13.8. The Labute approximate surface area is 138 Å². The number of benzene rings is 1. The maximum atomic E-state index is 12.7. The summed E-state index contributed by atoms with van der Waals surface area (Å²) in [5.74, 6) is 0.917. The SMILES string of the molecule is O=C1C2C3C=CC(CC3)C2C(=O)N1N=Cc1ccc2c(c1)OCO2. The molecule has 6 rings (SSSR count). The summed E-state index contributed by atoms with van der Waals surface area (Å²) in [5.41, 5.74) is 0.760. The van der Waals surface area contributed by atoms with Crippen LogP contribution < -0.4 is 9.47 Å². The number of carbonyl (C=O) groups excluding carboxylic acids is 2. The predicted molar refractivity (Wildman–Crippen MR) is 84.3 cm³/mol. The van der Waals surface area contributed by atoms with Gasteiger partial charge in [0.05, 0.1) is 18.1 Å². The predicted octanol–water partition coefficient (Wildman–Crippen LogP) is 1.95. The largest absolute Gasteiger partial charge is 0.454 e. The van der Waals surface area contributed by atoms with Crippen molar-refractivity contribution >= 4 is 18.0 Å². The molecule has 0 spiro atoms. The monoisotopic (exact) mass is 324 g/mol. The highest BCUT2D eigenvalue weighted by Gasteiger charge is 2.56. The second-order valence-corrected chi connectivity index (χ2v) is 6.69. The first-order chi connectivity index (χ1) is 11.7. The van der Waals surface area contributed by atoms with Crippen LogP contribution in [0.25, 0.3) is 0 Å². The van der Waals surface area contributed by atoms with E-state index < -0.39 is 0 Å². The summed E-state index contributed by atoms with van der Waals surface area (Å²) < 4.78 is 10.6. The molecule has 2 aliphatic heterocycles. The van der Waals surface area contributed by atoms with E-state index in [1.807, 2.05) is 6.07 Å². The molecular formula is C18H16N2O4. The molecule has 6 nitrogen and oxygen atoms in total. The van der Waals surface area contributed by atoms with E-state index in [0.29, 0.717) is 11.5 Å². The van der Waals surface area contributed by atoms with E-state index in [9.17, 15) is 9.59 Å². The molecule has 2 fully saturated rings. The van der Waals surface area contributed by atoms with Crippen molar-refractivity contribution in [1.29, 1.82) is 0 Å². The van der Waals surface area contributed by atoms with Gasteiger partial charge in [0.1, 0.15) is 0 Å². The molecule has 6 heteroatoms. The Bertz CT molecular complexity index is 768. The van der Waals surface area contributed by atoms with Gasteiger partial charge in [0.15, 0.2) is 11.5 Å². The molecule has 1 saturated heterocycles. The number of allylic oxidation sites excluding steroid dienone is 2. The number of nitrogens with zero attached hydrogens (tertiary/aromatic N) is 2. The molecule has 0 aromatic heterocycles. The Kier molecular flexibility index (Phi) is 2.83. The number of amides is 2. The standard InChI is InChI=1S/C18H16N2O4/c21-17-15-11-2-3-12(5-4-11)16(15)18(22)20(17)19-8-10-1-6-13-14(7-10)24-9-23-13/h1-3,6-8,11-12,15-16H,4-5,9H2. The zero-order chi connectivity index (χ0) is 16.3. The summed E-state index contributed by atoms with van der Waals surface area (Å²) in [6.07, 6.45) is 7.71. The molecule has 1 aromatic rings. The van der Waals surface area contributed by atoms with Crippen molar-refractivity contribution < 1.29 is 19.1 Å². The third kappa shape index (κ3) is 1.85. The van der Waals surface area contributed by atoms with Gasteiger partial charge in [0.2, 0.25) is 6.79 Å². The van der Waals surface area contributed by atoms with Crippen molar-refractivity contribution in [2.75, 3.05) is 6.79 Å². The van der Waals surface area contributed by atoms with Crippen molar-refractivity contribution in [2.45, 2.75) is 12.8 Å². The van der Waals surface area contributed by atoms with E-state index in [1.54, 1.807) is 12.1 Å². The number of ether oxygens (including phenoxy) is 2. The molecule has 2 heterocycles. The summed E-state index contributed by atoms with van der Waals surface area (Å²) in [5, 5.41) is 5.25. The van der Waals surface area contributed by atoms with E-state index in [-0.39, 0.29) is 42.3 Å². The average Bonchev–Trinajstić information content (AvgIpc) is 3.18. The Morgan fingerprint density at radius 3 is 2.33 bits per heavy atom. The van der Waals surface area contributed by atoms with Crippen molar-refractivity contribution in [1.82, 2.24) is 5.01 Å². The number of imide groups is 1. The molecule has 24 heavy (non-hydrogen) atoms. The van der Waals surface area contributed by atoms with Crippen molar-refractivity contribution in [3.63, 3.8) is 0 Å². The fraction of sp³-hybridized carbons (Fsp3) is 0.389. The van der Waals surface area contributed by atoms with Crippen LogP contribution in [-0.4, -0.2) is 29.8 Å². The molecule has 122 valence electrons. The summed E-state index contributed by atoms with van der Waals surface area (Å²) in [6.45, 7) is 0.207. The van der Waals surface area contributed by atoms with Crippen molar-refractivity contribution in [3.05, 3.63) is 35.9 Å². The van der Waals surface area contributed by atoms with Gasteiger partial charge in [-0.3, -0.25) is 9.59 Å². The lowest BCUT2D eigenvalue weighted by atomic mass is 9.63. The first-order valence-electron chi connectivity index (χ1n) is 8.22. The van der Waals surface area contributed by atoms with Gasteiger partial charge in [0.25, 0.3) is 11.8 Å². The van der Waals surface area contributed by atoms with Crippen molar-refractivity contribution in [3.8, 4) is 11.5 Å². The molecule has 2 bridgehead atoms. The lowest BCUT2D eigenvalue weighted by molar-refractivity contribution is -0.140. The number of fused-ring (bicyclic) bond motifs is 2. The number of carbonyl (C=O) groups is 2. The summed E-state index contributed by atoms with van der Waals surface area (Å²) in [4.78, 5) is 25.3. The zero-order valence-corrected chi connectivity index (χ0v) is 12.9. The molecule has 1 saturated carbocycles. The zero-order valence-electron chi connectivity index (χ0n) is 12.9. The Balaban J connectivity index is 1.42. The molecule has 4 unspecified atom stereocenters. The van der Waals surface area contributed by atoms with Crippen LogP contribution in [0.3, 0.4) is 0 Å². The highest BCUT2D eigenvalue weighted by atomic mass is 16.7. The minimum atomic E-state index is -0.227. The van der Waals surface area contributed by atoms with Gasteiger partial charge in [-0.05, 0) is 48.4 Å². The van der Waals surface area contributed by atoms with Gasteiger partial charge in [-0.1, -0.05) is 12.2 Å². The van der Waals surface area contributed by atoms with Crippen LogP contribution in [0.15, 0.2) is 35.5 Å². The average molecular weight is 324 g/mol. The third-order valence-corrected chi connectivity index (χ3v) is 5.45. The third-order valence-electron chi connectivity index (χ3n) is 5.45. The second-order valence-electron chi connectivity index (χ2n) is 6.69. The Hall–Kier alpha value is -2.63. The van der Waals surface area contributed by atoms with E-state index in [2.05, 4.69) is 17.3 Å². The Morgan fingerprint density at radius 1 is 1.00 bits per heavy atom. The van der Waals surface area contributed by atoms with Crippen LogP contribution in [-0.2, 0) is 9.59 Å². The molecular weight excluding hydrogens is 308 g/mol. The normalized spacial score (nSPS) is 32.9. The van der Waals surface area contributed by atoms with E-state index >= 15 is 0 Å². The van der Waals surface area contributed by atoms with Gasteiger partial charge in [-0.2, -0.15) is 10.1 Å². The number of hydrogen-bond donors (Lipinski definition) is 0. The molecule has 1 aromatic carbocycles. The fourth-order valence-electron chi connectivity index (χ4n) is 4.29. The minimum absolute atomic E-state index is 0.166. The van der Waals surface area contributed by atoms with E-state index in [4.69, 9.17) is 9.47 Å². The van der Waals surface area contributed by atoms with Crippen LogP contribution in [0, 0.1) is 23.7 Å². The maximum absolute atomic E-state index is 12.7. The maximum Gasteiger partial charge on any atom is 0.254 e. The topological polar surface area (TPSA) is 68.2 Å². The van der Waals surface area contributed by atoms with E-state index in [0.717, 1.165) is 23.4 Å². The minimum Gasteiger partial charge on any atom is -0.454 e. The molecule has 0 N–H and O–H groups in total. The van der Waals surface area contributed by atoms with Crippen LogP contribution in [0.1, 0.15) is 18.4 Å². The molecule has 0 radical (unpaired) electrons. The smallest absolute Gasteiger partial charge is 0.254 e. The lowest BCUT2D eigenvalue weighted by Gasteiger charge is -2.37. The highest BCUT2D eigenvalue weighted by molar-refractivity contribution is 6.06. The summed E-state index contributed by atoms with van der Waals surface area (Å²) >= 11 is 0. The molecule has 4 atom stereocenters. The van der Waals surface area contributed by atoms with Crippen LogP contribution in [0.4, 0.5) is 0 Å². The van der Waals surface area contributed by atoms with Crippen LogP contribution >= 0.6 is 0 Å². The quantitative estimate of drug-likeness (QED) is 0.474. The summed E-state index contributed by atoms with van der Waals surface area (Å²) in [7, 11) is 0. The van der Waals surface area contributed by atoms with Gasteiger partial charge in [-0.25, -0.2) is 0 Å². The van der Waals surface area contributed by atoms with Gasteiger partial charge in [-0.15, -0.1) is 0 Å².